The number of ether oxygens (including phenoxy) is 1. The average molecular weight is 431 g/mol. The Morgan fingerprint density at radius 2 is 1.79 bits per heavy atom. The second kappa shape index (κ2) is 9.21. The fourth-order valence-electron chi connectivity index (χ4n) is 2.82. The first-order valence-corrected chi connectivity index (χ1v) is 11.3. The highest BCUT2D eigenvalue weighted by molar-refractivity contribution is 7.89. The molecular formula is C21H22N2O4S2. The van der Waals surface area contributed by atoms with Gasteiger partial charge in [0, 0.05) is 36.1 Å². The topological polar surface area (TPSA) is 75.7 Å². The van der Waals surface area contributed by atoms with Crippen molar-refractivity contribution in [3.8, 4) is 5.75 Å². The largest absolute Gasteiger partial charge is 0.496 e. The van der Waals surface area contributed by atoms with Crippen LogP contribution in [0.1, 0.15) is 20.8 Å². The summed E-state index contributed by atoms with van der Waals surface area (Å²) in [6.07, 6.45) is 0. The first-order chi connectivity index (χ1) is 13.9. The molecule has 0 spiro atoms. The molecule has 0 bridgehead atoms. The number of thiophene rings is 1. The molecule has 3 rings (SSSR count). The van der Waals surface area contributed by atoms with E-state index in [0.717, 1.165) is 10.4 Å². The van der Waals surface area contributed by atoms with E-state index in [9.17, 15) is 13.2 Å². The van der Waals surface area contributed by atoms with Crippen molar-refractivity contribution in [1.82, 2.24) is 9.62 Å². The summed E-state index contributed by atoms with van der Waals surface area (Å²) in [6.45, 7) is 0.619. The SMILES string of the molecule is COc1ccccc1CN(C)C(=O)c1ccc(S(=O)(=O)NCc2cccs2)cc1. The zero-order chi connectivity index (χ0) is 20.9. The van der Waals surface area contributed by atoms with Gasteiger partial charge in [0.15, 0.2) is 0 Å². The van der Waals surface area contributed by atoms with E-state index >= 15 is 0 Å². The van der Waals surface area contributed by atoms with Gasteiger partial charge in [-0.15, -0.1) is 11.3 Å². The second-order valence-electron chi connectivity index (χ2n) is 6.40. The van der Waals surface area contributed by atoms with Crippen LogP contribution in [-0.2, 0) is 23.1 Å². The maximum Gasteiger partial charge on any atom is 0.253 e. The van der Waals surface area contributed by atoms with E-state index in [4.69, 9.17) is 4.74 Å². The standard InChI is InChI=1S/C21H22N2O4S2/c1-23(15-17-6-3-4-8-20(17)27-2)21(24)16-9-11-19(12-10-16)29(25,26)22-14-18-7-5-13-28-18/h3-13,22H,14-15H2,1-2H3. The lowest BCUT2D eigenvalue weighted by Gasteiger charge is -2.19. The molecule has 0 aliphatic carbocycles. The number of methoxy groups -OCH3 is 1. The molecule has 0 saturated heterocycles. The number of carbonyl (C=O) groups excluding carboxylic acids is 1. The molecule has 152 valence electrons. The summed E-state index contributed by atoms with van der Waals surface area (Å²) in [5.74, 6) is 0.511. The summed E-state index contributed by atoms with van der Waals surface area (Å²) >= 11 is 1.49. The van der Waals surface area contributed by atoms with Crippen LogP contribution in [0.4, 0.5) is 0 Å². The molecule has 3 aromatic rings. The number of carbonyl (C=O) groups is 1. The molecule has 0 unspecified atom stereocenters. The van der Waals surface area contributed by atoms with Crippen molar-refractivity contribution in [2.45, 2.75) is 18.0 Å². The van der Waals surface area contributed by atoms with Gasteiger partial charge in [0.1, 0.15) is 5.75 Å². The highest BCUT2D eigenvalue weighted by Crippen LogP contribution is 2.20. The lowest BCUT2D eigenvalue weighted by Crippen LogP contribution is -2.26. The number of benzene rings is 2. The summed E-state index contributed by atoms with van der Waals surface area (Å²) in [5.41, 5.74) is 1.31. The van der Waals surface area contributed by atoms with Crippen molar-refractivity contribution in [1.29, 1.82) is 0 Å². The Labute approximate surface area is 174 Å². The maximum atomic E-state index is 12.7. The minimum atomic E-state index is -3.64. The van der Waals surface area contributed by atoms with Gasteiger partial charge in [0.25, 0.3) is 5.91 Å². The molecule has 29 heavy (non-hydrogen) atoms. The van der Waals surface area contributed by atoms with Crippen LogP contribution in [0.5, 0.6) is 5.75 Å². The molecule has 1 amide bonds. The Hall–Kier alpha value is -2.68. The van der Waals surface area contributed by atoms with E-state index in [1.54, 1.807) is 19.1 Å². The predicted octanol–water partition coefficient (Wildman–Crippen LogP) is 3.51. The summed E-state index contributed by atoms with van der Waals surface area (Å²) in [5, 5.41) is 1.89. The third kappa shape index (κ3) is 5.23. The van der Waals surface area contributed by atoms with Gasteiger partial charge in [-0.3, -0.25) is 4.79 Å². The fraction of sp³-hybridized carbons (Fsp3) is 0.190. The molecule has 0 fully saturated rings. The van der Waals surface area contributed by atoms with Gasteiger partial charge in [-0.2, -0.15) is 0 Å². The van der Waals surface area contributed by atoms with Gasteiger partial charge in [0.2, 0.25) is 10.0 Å². The van der Waals surface area contributed by atoms with Gasteiger partial charge in [-0.05, 0) is 41.8 Å². The monoisotopic (exact) mass is 430 g/mol. The van der Waals surface area contributed by atoms with Crippen LogP contribution in [0, 0.1) is 0 Å². The molecule has 0 atom stereocenters. The van der Waals surface area contributed by atoms with Crippen LogP contribution in [0.3, 0.4) is 0 Å². The number of hydrogen-bond acceptors (Lipinski definition) is 5. The second-order valence-corrected chi connectivity index (χ2v) is 9.20. The lowest BCUT2D eigenvalue weighted by atomic mass is 10.1. The zero-order valence-electron chi connectivity index (χ0n) is 16.2. The number of amides is 1. The van der Waals surface area contributed by atoms with E-state index in [2.05, 4.69) is 4.72 Å². The molecule has 8 heteroatoms. The van der Waals surface area contributed by atoms with Crippen molar-refractivity contribution in [3.63, 3.8) is 0 Å². The first-order valence-electron chi connectivity index (χ1n) is 8.90. The minimum Gasteiger partial charge on any atom is -0.496 e. The average Bonchev–Trinajstić information content (AvgIpc) is 3.26. The molecule has 2 aromatic carbocycles. The smallest absolute Gasteiger partial charge is 0.253 e. The number of rotatable bonds is 8. The van der Waals surface area contributed by atoms with Crippen LogP contribution < -0.4 is 9.46 Å². The quantitative estimate of drug-likeness (QED) is 0.593. The van der Waals surface area contributed by atoms with Gasteiger partial charge in [-0.1, -0.05) is 24.3 Å². The molecule has 0 aliphatic heterocycles. The third-order valence-electron chi connectivity index (χ3n) is 4.37. The lowest BCUT2D eigenvalue weighted by molar-refractivity contribution is 0.0784. The van der Waals surface area contributed by atoms with Crippen molar-refractivity contribution < 1.29 is 17.9 Å². The van der Waals surface area contributed by atoms with Crippen LogP contribution in [0.25, 0.3) is 0 Å². The van der Waals surface area contributed by atoms with E-state index in [0.29, 0.717) is 17.9 Å². The summed E-state index contributed by atoms with van der Waals surface area (Å²) in [6, 6.07) is 17.2. The van der Waals surface area contributed by atoms with Crippen molar-refractivity contribution >= 4 is 27.3 Å². The van der Waals surface area contributed by atoms with E-state index in [1.807, 2.05) is 41.8 Å². The molecule has 1 heterocycles. The van der Waals surface area contributed by atoms with Crippen LogP contribution in [-0.4, -0.2) is 33.4 Å². The van der Waals surface area contributed by atoms with Gasteiger partial charge < -0.3 is 9.64 Å². The summed E-state index contributed by atoms with van der Waals surface area (Å²) in [7, 11) is -0.355. The molecule has 0 saturated carbocycles. The van der Waals surface area contributed by atoms with Gasteiger partial charge in [0.05, 0.1) is 12.0 Å². The summed E-state index contributed by atoms with van der Waals surface area (Å²) < 4.78 is 32.8. The molecule has 0 aliphatic rings. The Balaban J connectivity index is 1.67. The first kappa shape index (κ1) is 21.0. The number of nitrogens with zero attached hydrogens (tertiary/aromatic N) is 1. The van der Waals surface area contributed by atoms with E-state index in [1.165, 1.54) is 35.6 Å². The summed E-state index contributed by atoms with van der Waals surface area (Å²) in [4.78, 5) is 15.3. The number of nitrogens with one attached hydrogen (secondary N) is 1. The van der Waals surface area contributed by atoms with E-state index < -0.39 is 10.0 Å². The van der Waals surface area contributed by atoms with Crippen molar-refractivity contribution in [2.24, 2.45) is 0 Å². The Bertz CT molecular complexity index is 1060. The molecule has 1 N–H and O–H groups in total. The van der Waals surface area contributed by atoms with Crippen molar-refractivity contribution in [3.05, 3.63) is 82.0 Å². The Morgan fingerprint density at radius 1 is 1.07 bits per heavy atom. The van der Waals surface area contributed by atoms with Gasteiger partial charge >= 0.3 is 0 Å². The third-order valence-corrected chi connectivity index (χ3v) is 6.67. The normalized spacial score (nSPS) is 11.2. The minimum absolute atomic E-state index is 0.123. The van der Waals surface area contributed by atoms with E-state index in [-0.39, 0.29) is 17.3 Å². The van der Waals surface area contributed by atoms with Crippen molar-refractivity contribution in [2.75, 3.05) is 14.2 Å². The molecule has 6 nitrogen and oxygen atoms in total. The molecular weight excluding hydrogens is 408 g/mol. The highest BCUT2D eigenvalue weighted by atomic mass is 32.2. The molecule has 0 radical (unpaired) electrons. The van der Waals surface area contributed by atoms with Gasteiger partial charge in [-0.25, -0.2) is 13.1 Å². The number of para-hydroxylation sites is 1. The highest BCUT2D eigenvalue weighted by Gasteiger charge is 2.17. The number of sulfonamides is 1. The maximum absolute atomic E-state index is 12.7. The van der Waals surface area contributed by atoms with Crippen LogP contribution in [0.2, 0.25) is 0 Å². The zero-order valence-corrected chi connectivity index (χ0v) is 17.8. The number of hydrogen-bond donors (Lipinski definition) is 1. The predicted molar refractivity (Wildman–Crippen MR) is 114 cm³/mol. The van der Waals surface area contributed by atoms with Crippen LogP contribution >= 0.6 is 11.3 Å². The van der Waals surface area contributed by atoms with Crippen LogP contribution in [0.15, 0.2) is 70.9 Å². The fourth-order valence-corrected chi connectivity index (χ4v) is 4.56. The molecule has 1 aromatic heterocycles. The Kier molecular flexibility index (Phi) is 6.68. The Morgan fingerprint density at radius 3 is 2.45 bits per heavy atom.